The predicted octanol–water partition coefficient (Wildman–Crippen LogP) is 13.2. The maximum Gasteiger partial charge on any atom is 2.00 e. The van der Waals surface area contributed by atoms with Gasteiger partial charge in [-0.15, -0.1) is 24.3 Å². The molecule has 0 aliphatic rings. The molecule has 2 heterocycles. The third-order valence-corrected chi connectivity index (χ3v) is 9.04. The van der Waals surface area contributed by atoms with Crippen molar-refractivity contribution in [1.82, 2.24) is 0 Å². The molecule has 0 amide bonds. The second-order valence-electron chi connectivity index (χ2n) is 13.1. The van der Waals surface area contributed by atoms with Crippen LogP contribution in [-0.2, 0) is 0 Å². The molecule has 0 atom stereocenters. The van der Waals surface area contributed by atoms with Gasteiger partial charge in [0.15, 0.2) is 0 Å². The van der Waals surface area contributed by atoms with E-state index in [9.17, 15) is 0 Å². The van der Waals surface area contributed by atoms with Crippen molar-refractivity contribution < 1.29 is 46.9 Å². The second-order valence-corrected chi connectivity index (χ2v) is 13.1. The average molecular weight is 898 g/mol. The van der Waals surface area contributed by atoms with E-state index in [2.05, 4.69) is 177 Å². The largest absolute Gasteiger partial charge is 2.00 e. The van der Waals surface area contributed by atoms with Crippen molar-refractivity contribution in [2.45, 2.75) is 13.8 Å². The van der Waals surface area contributed by atoms with Crippen LogP contribution in [0.4, 0.5) is 34.1 Å². The van der Waals surface area contributed by atoms with Crippen molar-refractivity contribution in [3.63, 3.8) is 0 Å². The molecule has 8 aromatic rings. The monoisotopic (exact) mass is 898 g/mol. The van der Waals surface area contributed by atoms with Crippen LogP contribution in [0.3, 0.4) is 0 Å². The Bertz CT molecular complexity index is 1990. The van der Waals surface area contributed by atoms with E-state index in [1.165, 1.54) is 22.7 Å². The quantitative estimate of drug-likeness (QED) is 0.135. The Morgan fingerprint density at radius 2 is 0.526 bits per heavy atom. The molecule has 0 spiro atoms. The van der Waals surface area contributed by atoms with Gasteiger partial charge in [-0.05, 0) is 99.6 Å². The topological polar surface area (TPSA) is 31.2 Å². The third-order valence-electron chi connectivity index (χ3n) is 9.04. The summed E-state index contributed by atoms with van der Waals surface area (Å²) >= 11 is 0. The molecule has 286 valence electrons. The van der Waals surface area contributed by atoms with Crippen LogP contribution in [-0.4, -0.2) is 24.4 Å². The van der Waals surface area contributed by atoms with Gasteiger partial charge in [0, 0.05) is 22.7 Å². The third kappa shape index (κ3) is 13.4. The summed E-state index contributed by atoms with van der Waals surface area (Å²) in [6.07, 6.45) is 0. The first-order valence-electron chi connectivity index (χ1n) is 19.0. The number of rotatable bonds is 9. The van der Waals surface area contributed by atoms with Crippen molar-refractivity contribution in [3.8, 4) is 0 Å². The molecule has 6 aromatic carbocycles. The van der Waals surface area contributed by atoms with Crippen LogP contribution in [0.1, 0.15) is 13.8 Å². The van der Waals surface area contributed by atoms with Crippen molar-refractivity contribution in [3.05, 3.63) is 242 Å². The minimum Gasteiger partial charge on any atom is -0.529 e. The van der Waals surface area contributed by atoms with Crippen molar-refractivity contribution in [2.75, 3.05) is 9.62 Å². The molecule has 0 bridgehead atoms. The molecule has 8 rings (SSSR count). The first-order chi connectivity index (χ1) is 27.7. The van der Waals surface area contributed by atoms with E-state index in [0.717, 1.165) is 22.8 Å². The second kappa shape index (κ2) is 23.6. The molecule has 0 saturated carbocycles. The molecule has 0 unspecified atom stereocenters. The van der Waals surface area contributed by atoms with E-state index in [1.807, 2.05) is 98.8 Å². The van der Waals surface area contributed by atoms with Crippen LogP contribution >= 0.6 is 0 Å². The van der Waals surface area contributed by atoms with Gasteiger partial charge in [0.25, 0.3) is 0 Å². The van der Waals surface area contributed by atoms with Gasteiger partial charge < -0.3 is 9.62 Å². The van der Waals surface area contributed by atoms with E-state index in [1.54, 1.807) is 0 Å². The number of hydrogen-bond acceptors (Lipinski definition) is 4. The van der Waals surface area contributed by atoms with E-state index in [4.69, 9.17) is 0 Å². The summed E-state index contributed by atoms with van der Waals surface area (Å²) in [4.78, 5) is 13.7. The molecule has 7 heteroatoms. The van der Waals surface area contributed by atoms with Gasteiger partial charge >= 0.3 is 46.9 Å². The minimum atomic E-state index is 0. The Morgan fingerprint density at radius 1 is 0.316 bits per heavy atom. The smallest absolute Gasteiger partial charge is 0.529 e. The predicted molar refractivity (Wildman–Crippen MR) is 244 cm³/mol. The fourth-order valence-corrected chi connectivity index (χ4v) is 6.21. The number of anilines is 4. The Labute approximate surface area is 377 Å². The normalized spacial score (nSPS) is 10.7. The van der Waals surface area contributed by atoms with Gasteiger partial charge in [-0.2, -0.15) is 0 Å². The van der Waals surface area contributed by atoms with Crippen LogP contribution in [0.5, 0.6) is 0 Å². The molecule has 57 heavy (non-hydrogen) atoms. The molecule has 0 aliphatic heterocycles. The molecular weight excluding hydrogens is 851 g/mol. The first kappa shape index (κ1) is 42.7. The van der Waals surface area contributed by atoms with Gasteiger partial charge in [-0.1, -0.05) is 121 Å². The van der Waals surface area contributed by atoms with Gasteiger partial charge in [-0.3, -0.25) is 9.98 Å². The summed E-state index contributed by atoms with van der Waals surface area (Å²) in [6, 6.07) is 74.3. The molecular formula is C50H46B2N4Yb. The number of para-hydroxylation sites is 6. The van der Waals surface area contributed by atoms with Crippen LogP contribution in [0.2, 0.25) is 0 Å². The van der Waals surface area contributed by atoms with Crippen LogP contribution in [0, 0.1) is 46.9 Å². The van der Waals surface area contributed by atoms with Crippen LogP contribution < -0.4 is 9.62 Å². The summed E-state index contributed by atoms with van der Waals surface area (Å²) in [7, 11) is 0. The Balaban J connectivity index is 0.000000162. The fraction of sp³-hybridized carbons (Fsp3) is 0.0400. The van der Waals surface area contributed by atoms with E-state index in [-0.39, 0.29) is 59.9 Å². The number of benzene rings is 6. The summed E-state index contributed by atoms with van der Waals surface area (Å²) in [5.41, 5.74) is 8.60. The van der Waals surface area contributed by atoms with Crippen LogP contribution in [0.15, 0.2) is 252 Å². The van der Waals surface area contributed by atoms with E-state index in [0.29, 0.717) is 0 Å². The van der Waals surface area contributed by atoms with E-state index < -0.39 is 0 Å². The molecule has 0 aliphatic carbocycles. The summed E-state index contributed by atoms with van der Waals surface area (Å²) < 4.78 is 0. The molecule has 2 aromatic heterocycles. The maximum absolute atomic E-state index is 4.54. The van der Waals surface area contributed by atoms with Gasteiger partial charge in [0.05, 0.1) is 22.8 Å². The molecule has 0 N–H and O–H groups in total. The number of hydrogen-bond donors (Lipinski definition) is 0. The summed E-state index contributed by atoms with van der Waals surface area (Å²) in [6.45, 7) is 4.48. The molecule has 0 fully saturated rings. The first-order valence-corrected chi connectivity index (χ1v) is 19.0. The van der Waals surface area contributed by atoms with Crippen molar-refractivity contribution >= 4 is 58.5 Å². The molecule has 4 nitrogen and oxygen atoms in total. The SMILES string of the molecule is CC(=Nc1ccccc1)C(C)=Nc1ccccc1.[Yb+2].c1cc[b-](N(c2ccccc2)c2ccccc2)cc1.c1cc[b-](N(c2ccccc2)c2ccccc2)cc1. The Hall–Kier alpha value is -5.39. The van der Waals surface area contributed by atoms with Crippen molar-refractivity contribution in [1.29, 1.82) is 0 Å². The number of nitrogens with zero attached hydrogens (tertiary/aromatic N) is 4. The fourth-order valence-electron chi connectivity index (χ4n) is 6.21. The standard InChI is InChI=1S/2C17H15BN.C16H16N2.Yb/c2*1-4-10-16(11-5-1)19(17-12-6-2-7-13-17)18-14-8-3-9-15-18;1-13(17-15-9-5-3-6-10-15)14(2)18-16-11-7-4-8-12-16;/h2*1-15H;3-12H,1-2H3;/q2*-1;;+2. The zero-order valence-corrected chi connectivity index (χ0v) is 34.0. The maximum atomic E-state index is 4.54. The zero-order valence-electron chi connectivity index (χ0n) is 32.3. The Morgan fingerprint density at radius 3 is 0.772 bits per heavy atom. The van der Waals surface area contributed by atoms with Crippen LogP contribution in [0.25, 0.3) is 0 Å². The minimum absolute atomic E-state index is 0. The van der Waals surface area contributed by atoms with Gasteiger partial charge in [0.1, 0.15) is 0 Å². The van der Waals surface area contributed by atoms with Gasteiger partial charge in [0.2, 0.25) is 0 Å². The Kier molecular flexibility index (Phi) is 17.7. The average Bonchev–Trinajstić information content (AvgIpc) is 3.27. The zero-order chi connectivity index (χ0) is 38.6. The van der Waals surface area contributed by atoms with Crippen molar-refractivity contribution in [2.24, 2.45) is 9.98 Å². The van der Waals surface area contributed by atoms with Gasteiger partial charge in [-0.25, -0.2) is 23.8 Å². The number of aliphatic imine (C=N–C) groups is 2. The molecule has 0 saturated heterocycles. The van der Waals surface area contributed by atoms with E-state index >= 15 is 0 Å². The summed E-state index contributed by atoms with van der Waals surface area (Å²) in [5.74, 6) is 8.83. The summed E-state index contributed by atoms with van der Waals surface area (Å²) in [5, 5.41) is 0. The molecule has 0 radical (unpaired) electrons.